The summed E-state index contributed by atoms with van der Waals surface area (Å²) in [5.74, 6) is 0.447. The zero-order chi connectivity index (χ0) is 9.68. The van der Waals surface area contributed by atoms with E-state index >= 15 is 0 Å². The van der Waals surface area contributed by atoms with Crippen LogP contribution in [0.15, 0.2) is 10.6 Å². The summed E-state index contributed by atoms with van der Waals surface area (Å²) < 4.78 is 9.78. The number of hydrogen-bond donors (Lipinski definition) is 1. The highest BCUT2D eigenvalue weighted by Gasteiger charge is 2.09. The molecule has 1 amide bonds. The van der Waals surface area contributed by atoms with Crippen molar-refractivity contribution in [3.05, 3.63) is 17.8 Å². The Hall–Kier alpha value is -1.36. The number of methoxy groups -OCH3 is 1. The van der Waals surface area contributed by atoms with Gasteiger partial charge in [0.15, 0.2) is 5.89 Å². The molecule has 0 aliphatic rings. The average Bonchev–Trinajstić information content (AvgIpc) is 2.52. The lowest BCUT2D eigenvalue weighted by atomic mass is 10.5. The van der Waals surface area contributed by atoms with Crippen LogP contribution in [0.5, 0.6) is 0 Å². The van der Waals surface area contributed by atoms with Gasteiger partial charge in [-0.2, -0.15) is 0 Å². The summed E-state index contributed by atoms with van der Waals surface area (Å²) in [4.78, 5) is 15.0. The number of carbonyl (C=O) groups is 1. The Bertz CT molecular complexity index is 283. The number of ether oxygens (including phenoxy) is 1. The van der Waals surface area contributed by atoms with E-state index in [9.17, 15) is 4.79 Å². The first kappa shape index (κ1) is 9.73. The molecule has 0 bridgehead atoms. The monoisotopic (exact) mass is 184 g/mol. The number of carbonyl (C=O) groups excluding carboxylic acids is 1. The maximum absolute atomic E-state index is 11.2. The van der Waals surface area contributed by atoms with E-state index < -0.39 is 0 Å². The zero-order valence-electron chi connectivity index (χ0n) is 7.66. The molecule has 0 spiro atoms. The molecule has 1 N–H and O–H groups in total. The van der Waals surface area contributed by atoms with Gasteiger partial charge >= 0.3 is 0 Å². The quantitative estimate of drug-likeness (QED) is 0.686. The molecule has 0 saturated carbocycles. The lowest BCUT2D eigenvalue weighted by molar-refractivity contribution is 0.0908. The molecule has 0 saturated heterocycles. The number of nitrogens with one attached hydrogen (secondary N) is 1. The number of nitrogens with zero attached hydrogens (tertiary/aromatic N) is 1. The second-order valence-electron chi connectivity index (χ2n) is 2.49. The van der Waals surface area contributed by atoms with Crippen molar-refractivity contribution >= 4 is 5.91 Å². The number of rotatable bonds is 4. The predicted molar refractivity (Wildman–Crippen MR) is 45.4 cm³/mol. The third-order valence-electron chi connectivity index (χ3n) is 1.44. The molecular weight excluding hydrogens is 172 g/mol. The van der Waals surface area contributed by atoms with Gasteiger partial charge in [-0.15, -0.1) is 0 Å². The number of aryl methyl sites for hydroxylation is 1. The topological polar surface area (TPSA) is 64.4 Å². The van der Waals surface area contributed by atoms with Crippen molar-refractivity contribution in [2.75, 3.05) is 20.3 Å². The van der Waals surface area contributed by atoms with E-state index in [0.29, 0.717) is 19.0 Å². The SMILES string of the molecule is COCCNC(=O)c1cnc(C)o1. The Balaban J connectivity index is 2.40. The van der Waals surface area contributed by atoms with Crippen LogP contribution >= 0.6 is 0 Å². The lowest BCUT2D eigenvalue weighted by Crippen LogP contribution is -2.26. The molecule has 0 aliphatic heterocycles. The predicted octanol–water partition coefficient (Wildman–Crippen LogP) is 0.359. The molecule has 5 nitrogen and oxygen atoms in total. The van der Waals surface area contributed by atoms with Gasteiger partial charge in [-0.05, 0) is 0 Å². The zero-order valence-corrected chi connectivity index (χ0v) is 7.66. The summed E-state index contributed by atoms with van der Waals surface area (Å²) in [5.41, 5.74) is 0. The lowest BCUT2D eigenvalue weighted by Gasteiger charge is -2.00. The van der Waals surface area contributed by atoms with Crippen LogP contribution in [0.3, 0.4) is 0 Å². The summed E-state index contributed by atoms with van der Waals surface area (Å²) in [6.45, 7) is 2.64. The Morgan fingerprint density at radius 1 is 1.77 bits per heavy atom. The van der Waals surface area contributed by atoms with E-state index in [1.807, 2.05) is 0 Å². The van der Waals surface area contributed by atoms with Crippen molar-refractivity contribution in [2.45, 2.75) is 6.92 Å². The molecule has 72 valence electrons. The standard InChI is InChI=1S/C8H12N2O3/c1-6-10-5-7(13-6)8(11)9-3-4-12-2/h5H,3-4H2,1-2H3,(H,9,11). The molecule has 0 aliphatic carbocycles. The van der Waals surface area contributed by atoms with Crippen molar-refractivity contribution in [2.24, 2.45) is 0 Å². The molecule has 0 radical (unpaired) electrons. The maximum Gasteiger partial charge on any atom is 0.288 e. The van der Waals surface area contributed by atoms with Crippen LogP contribution in [0.1, 0.15) is 16.4 Å². The molecule has 0 atom stereocenters. The van der Waals surface area contributed by atoms with Crippen molar-refractivity contribution in [1.29, 1.82) is 0 Å². The fourth-order valence-electron chi connectivity index (χ4n) is 0.820. The highest BCUT2D eigenvalue weighted by molar-refractivity contribution is 5.91. The minimum absolute atomic E-state index is 0.230. The fraction of sp³-hybridized carbons (Fsp3) is 0.500. The summed E-state index contributed by atoms with van der Waals surface area (Å²) in [7, 11) is 1.57. The smallest absolute Gasteiger partial charge is 0.288 e. The van der Waals surface area contributed by atoms with Crippen LogP contribution in [0.25, 0.3) is 0 Å². The van der Waals surface area contributed by atoms with Gasteiger partial charge in [0.2, 0.25) is 5.76 Å². The highest BCUT2D eigenvalue weighted by atomic mass is 16.5. The summed E-state index contributed by atoms with van der Waals surface area (Å²) in [6, 6.07) is 0. The first-order chi connectivity index (χ1) is 6.24. The number of hydrogen-bond acceptors (Lipinski definition) is 4. The number of amides is 1. The van der Waals surface area contributed by atoms with Gasteiger partial charge in [-0.25, -0.2) is 4.98 Å². The minimum atomic E-state index is -0.266. The van der Waals surface area contributed by atoms with Gasteiger partial charge in [0.1, 0.15) is 0 Å². The Labute approximate surface area is 76.1 Å². The molecule has 1 aromatic heterocycles. The first-order valence-corrected chi connectivity index (χ1v) is 3.93. The summed E-state index contributed by atoms with van der Waals surface area (Å²) in [6.07, 6.45) is 1.40. The summed E-state index contributed by atoms with van der Waals surface area (Å²) in [5, 5.41) is 2.62. The van der Waals surface area contributed by atoms with E-state index in [1.165, 1.54) is 6.20 Å². The fourth-order valence-corrected chi connectivity index (χ4v) is 0.820. The van der Waals surface area contributed by atoms with Crippen LogP contribution in [0, 0.1) is 6.92 Å². The van der Waals surface area contributed by atoms with Gasteiger partial charge in [0, 0.05) is 20.6 Å². The molecular formula is C8H12N2O3. The van der Waals surface area contributed by atoms with Crippen molar-refractivity contribution in [1.82, 2.24) is 10.3 Å². The molecule has 0 unspecified atom stereocenters. The van der Waals surface area contributed by atoms with E-state index in [0.717, 1.165) is 0 Å². The van der Waals surface area contributed by atoms with Gasteiger partial charge in [-0.3, -0.25) is 4.79 Å². The molecule has 1 rings (SSSR count). The van der Waals surface area contributed by atoms with Crippen molar-refractivity contribution < 1.29 is 13.9 Å². The molecule has 0 aromatic carbocycles. The van der Waals surface area contributed by atoms with Crippen molar-refractivity contribution in [3.8, 4) is 0 Å². The van der Waals surface area contributed by atoms with Crippen LogP contribution in [-0.4, -0.2) is 31.2 Å². The van der Waals surface area contributed by atoms with Crippen molar-refractivity contribution in [3.63, 3.8) is 0 Å². The van der Waals surface area contributed by atoms with E-state index in [-0.39, 0.29) is 11.7 Å². The molecule has 1 aromatic rings. The number of oxazole rings is 1. The van der Waals surface area contributed by atoms with Crippen LogP contribution in [-0.2, 0) is 4.74 Å². The highest BCUT2D eigenvalue weighted by Crippen LogP contribution is 2.00. The van der Waals surface area contributed by atoms with Crippen LogP contribution < -0.4 is 5.32 Å². The Kier molecular flexibility index (Phi) is 3.45. The average molecular weight is 184 g/mol. The van der Waals surface area contributed by atoms with Gasteiger partial charge in [0.25, 0.3) is 5.91 Å². The molecule has 5 heteroatoms. The molecule has 0 fully saturated rings. The minimum Gasteiger partial charge on any atom is -0.436 e. The third kappa shape index (κ3) is 2.87. The molecule has 1 heterocycles. The van der Waals surface area contributed by atoms with Gasteiger partial charge in [-0.1, -0.05) is 0 Å². The van der Waals surface area contributed by atoms with E-state index in [1.54, 1.807) is 14.0 Å². The second kappa shape index (κ2) is 4.61. The largest absolute Gasteiger partial charge is 0.436 e. The van der Waals surface area contributed by atoms with Gasteiger partial charge in [0.05, 0.1) is 12.8 Å². The van der Waals surface area contributed by atoms with Gasteiger partial charge < -0.3 is 14.5 Å². The Morgan fingerprint density at radius 2 is 2.54 bits per heavy atom. The molecule has 13 heavy (non-hydrogen) atoms. The number of aromatic nitrogens is 1. The van der Waals surface area contributed by atoms with Crippen LogP contribution in [0.4, 0.5) is 0 Å². The van der Waals surface area contributed by atoms with E-state index in [2.05, 4.69) is 10.3 Å². The summed E-state index contributed by atoms with van der Waals surface area (Å²) >= 11 is 0. The Morgan fingerprint density at radius 3 is 3.08 bits per heavy atom. The second-order valence-corrected chi connectivity index (χ2v) is 2.49. The third-order valence-corrected chi connectivity index (χ3v) is 1.44. The van der Waals surface area contributed by atoms with E-state index in [4.69, 9.17) is 9.15 Å². The normalized spacial score (nSPS) is 10.0. The maximum atomic E-state index is 11.2. The van der Waals surface area contributed by atoms with Crippen LogP contribution in [0.2, 0.25) is 0 Å². The first-order valence-electron chi connectivity index (χ1n) is 3.93.